The van der Waals surface area contributed by atoms with Crippen molar-refractivity contribution in [3.8, 4) is 0 Å². The number of nitrogens with one attached hydrogen (secondary N) is 1. The van der Waals surface area contributed by atoms with Gasteiger partial charge in [0.15, 0.2) is 0 Å². The van der Waals surface area contributed by atoms with Gasteiger partial charge in [0.25, 0.3) is 0 Å². The molecule has 0 radical (unpaired) electrons. The quantitative estimate of drug-likeness (QED) is 0.414. The monoisotopic (exact) mass is 214 g/mol. The van der Waals surface area contributed by atoms with E-state index < -0.39 is 5.60 Å². The summed E-state index contributed by atoms with van der Waals surface area (Å²) >= 11 is 0. The van der Waals surface area contributed by atoms with Crippen molar-refractivity contribution in [1.29, 1.82) is 0 Å². The van der Waals surface area contributed by atoms with E-state index in [0.717, 1.165) is 25.7 Å². The van der Waals surface area contributed by atoms with Gasteiger partial charge in [-0.05, 0) is 33.6 Å². The fraction of sp³-hybridized carbons (Fsp3) is 0.909. The second-order valence-corrected chi connectivity index (χ2v) is 5.20. The SMILES string of the molecule is CC(C)(C)OC(=O)[C@@H]1CCCC[C@@H]1NN. The second kappa shape index (κ2) is 4.94. The van der Waals surface area contributed by atoms with Crippen LogP contribution in [0.5, 0.6) is 0 Å². The Bertz CT molecular complexity index is 223. The van der Waals surface area contributed by atoms with Crippen molar-refractivity contribution in [3.05, 3.63) is 0 Å². The zero-order valence-corrected chi connectivity index (χ0v) is 9.88. The van der Waals surface area contributed by atoms with E-state index in [9.17, 15) is 4.79 Å². The molecule has 15 heavy (non-hydrogen) atoms. The van der Waals surface area contributed by atoms with Crippen LogP contribution in [0, 0.1) is 5.92 Å². The van der Waals surface area contributed by atoms with Gasteiger partial charge in [0.2, 0.25) is 0 Å². The molecule has 0 aromatic heterocycles. The summed E-state index contributed by atoms with van der Waals surface area (Å²) in [7, 11) is 0. The molecule has 0 aliphatic heterocycles. The largest absolute Gasteiger partial charge is 0.460 e. The Morgan fingerprint density at radius 3 is 2.47 bits per heavy atom. The highest BCUT2D eigenvalue weighted by Gasteiger charge is 2.33. The Labute approximate surface area is 91.5 Å². The number of carbonyl (C=O) groups is 1. The fourth-order valence-electron chi connectivity index (χ4n) is 1.99. The first-order valence-corrected chi connectivity index (χ1v) is 5.63. The Kier molecular flexibility index (Phi) is 4.11. The van der Waals surface area contributed by atoms with Gasteiger partial charge in [-0.2, -0.15) is 0 Å². The molecule has 1 saturated carbocycles. The molecule has 4 heteroatoms. The van der Waals surface area contributed by atoms with Gasteiger partial charge in [-0.3, -0.25) is 16.1 Å². The molecule has 0 aromatic rings. The Morgan fingerprint density at radius 1 is 1.33 bits per heavy atom. The molecule has 0 heterocycles. The highest BCUT2D eigenvalue weighted by Crippen LogP contribution is 2.26. The molecule has 1 aliphatic rings. The molecule has 1 rings (SSSR count). The summed E-state index contributed by atoms with van der Waals surface area (Å²) in [5, 5.41) is 0. The third-order valence-electron chi connectivity index (χ3n) is 2.69. The molecule has 0 spiro atoms. The molecule has 0 aromatic carbocycles. The van der Waals surface area contributed by atoms with Crippen molar-refractivity contribution < 1.29 is 9.53 Å². The van der Waals surface area contributed by atoms with Gasteiger partial charge in [-0.1, -0.05) is 12.8 Å². The lowest BCUT2D eigenvalue weighted by molar-refractivity contribution is -0.162. The van der Waals surface area contributed by atoms with Crippen molar-refractivity contribution in [3.63, 3.8) is 0 Å². The van der Waals surface area contributed by atoms with E-state index in [-0.39, 0.29) is 17.9 Å². The van der Waals surface area contributed by atoms with Crippen LogP contribution in [0.15, 0.2) is 0 Å². The fourth-order valence-corrected chi connectivity index (χ4v) is 1.99. The summed E-state index contributed by atoms with van der Waals surface area (Å²) in [5.74, 6) is 5.24. The summed E-state index contributed by atoms with van der Waals surface area (Å²) in [6.45, 7) is 5.66. The molecule has 88 valence electrons. The van der Waals surface area contributed by atoms with Crippen LogP contribution in [0.3, 0.4) is 0 Å². The first-order valence-electron chi connectivity index (χ1n) is 5.63. The zero-order chi connectivity index (χ0) is 11.5. The summed E-state index contributed by atoms with van der Waals surface area (Å²) in [4.78, 5) is 11.9. The molecule has 1 fully saturated rings. The standard InChI is InChI=1S/C11H22N2O2/c1-11(2,3)15-10(14)8-6-4-5-7-9(8)13-12/h8-9,13H,4-7,12H2,1-3H3/t8-,9+/m1/s1. The van der Waals surface area contributed by atoms with Gasteiger partial charge in [-0.25, -0.2) is 0 Å². The van der Waals surface area contributed by atoms with Gasteiger partial charge in [-0.15, -0.1) is 0 Å². The number of hydrogen-bond acceptors (Lipinski definition) is 4. The summed E-state index contributed by atoms with van der Waals surface area (Å²) in [6.07, 6.45) is 4.06. The van der Waals surface area contributed by atoms with E-state index in [1.807, 2.05) is 20.8 Å². The lowest BCUT2D eigenvalue weighted by Gasteiger charge is -2.31. The average Bonchev–Trinajstić information content (AvgIpc) is 2.15. The van der Waals surface area contributed by atoms with Crippen LogP contribution in [0.25, 0.3) is 0 Å². The van der Waals surface area contributed by atoms with Crippen molar-refractivity contribution in [1.82, 2.24) is 5.43 Å². The molecular weight excluding hydrogens is 192 g/mol. The highest BCUT2D eigenvalue weighted by molar-refractivity contribution is 5.73. The van der Waals surface area contributed by atoms with Crippen LogP contribution in [-0.2, 0) is 9.53 Å². The molecule has 2 atom stereocenters. The normalized spacial score (nSPS) is 27.5. The van der Waals surface area contributed by atoms with E-state index in [4.69, 9.17) is 10.6 Å². The number of rotatable bonds is 2. The first-order chi connectivity index (χ1) is 6.94. The first kappa shape index (κ1) is 12.5. The summed E-state index contributed by atoms with van der Waals surface area (Å²) in [6, 6.07) is 0.0774. The number of hydrazine groups is 1. The van der Waals surface area contributed by atoms with E-state index in [1.54, 1.807) is 0 Å². The topological polar surface area (TPSA) is 64.3 Å². The number of ether oxygens (including phenoxy) is 1. The number of nitrogens with two attached hydrogens (primary N) is 1. The maximum atomic E-state index is 11.9. The van der Waals surface area contributed by atoms with Gasteiger partial charge >= 0.3 is 5.97 Å². The van der Waals surface area contributed by atoms with Crippen LogP contribution in [0.1, 0.15) is 46.5 Å². The lowest BCUT2D eigenvalue weighted by Crippen LogP contribution is -2.47. The minimum atomic E-state index is -0.409. The van der Waals surface area contributed by atoms with E-state index >= 15 is 0 Å². The zero-order valence-electron chi connectivity index (χ0n) is 9.88. The van der Waals surface area contributed by atoms with E-state index in [1.165, 1.54) is 0 Å². The maximum Gasteiger partial charge on any atom is 0.311 e. The van der Waals surface area contributed by atoms with Crippen LogP contribution in [-0.4, -0.2) is 17.6 Å². The van der Waals surface area contributed by atoms with Crippen molar-refractivity contribution >= 4 is 5.97 Å². The average molecular weight is 214 g/mol. The molecule has 0 saturated heterocycles. The van der Waals surface area contributed by atoms with Crippen LogP contribution < -0.4 is 11.3 Å². The smallest absolute Gasteiger partial charge is 0.311 e. The summed E-state index contributed by atoms with van der Waals surface area (Å²) in [5.41, 5.74) is 2.31. The summed E-state index contributed by atoms with van der Waals surface area (Å²) < 4.78 is 5.37. The Morgan fingerprint density at radius 2 is 1.93 bits per heavy atom. The van der Waals surface area contributed by atoms with Crippen LogP contribution in [0.4, 0.5) is 0 Å². The predicted octanol–water partition coefficient (Wildman–Crippen LogP) is 1.35. The molecule has 0 unspecified atom stereocenters. The third kappa shape index (κ3) is 3.80. The second-order valence-electron chi connectivity index (χ2n) is 5.20. The molecule has 0 bridgehead atoms. The maximum absolute atomic E-state index is 11.9. The van der Waals surface area contributed by atoms with E-state index in [2.05, 4.69) is 5.43 Å². The molecular formula is C11H22N2O2. The van der Waals surface area contributed by atoms with Crippen LogP contribution in [0.2, 0.25) is 0 Å². The third-order valence-corrected chi connectivity index (χ3v) is 2.69. The van der Waals surface area contributed by atoms with Crippen molar-refractivity contribution in [2.45, 2.75) is 58.1 Å². The minimum Gasteiger partial charge on any atom is -0.460 e. The van der Waals surface area contributed by atoms with Gasteiger partial charge in [0.05, 0.1) is 5.92 Å². The molecule has 0 amide bonds. The highest BCUT2D eigenvalue weighted by atomic mass is 16.6. The van der Waals surface area contributed by atoms with Gasteiger partial charge in [0.1, 0.15) is 5.60 Å². The molecule has 3 N–H and O–H groups in total. The predicted molar refractivity (Wildman–Crippen MR) is 58.9 cm³/mol. The molecule has 4 nitrogen and oxygen atoms in total. The Hall–Kier alpha value is -0.610. The van der Waals surface area contributed by atoms with Gasteiger partial charge < -0.3 is 4.74 Å². The molecule has 1 aliphatic carbocycles. The Balaban J connectivity index is 2.56. The van der Waals surface area contributed by atoms with Crippen molar-refractivity contribution in [2.75, 3.05) is 0 Å². The van der Waals surface area contributed by atoms with Crippen LogP contribution >= 0.6 is 0 Å². The number of carbonyl (C=O) groups excluding carboxylic acids is 1. The van der Waals surface area contributed by atoms with Crippen molar-refractivity contribution in [2.24, 2.45) is 11.8 Å². The lowest BCUT2D eigenvalue weighted by atomic mass is 9.85. The number of hydrogen-bond donors (Lipinski definition) is 2. The number of esters is 1. The van der Waals surface area contributed by atoms with E-state index in [0.29, 0.717) is 0 Å². The van der Waals surface area contributed by atoms with Gasteiger partial charge in [0, 0.05) is 6.04 Å². The minimum absolute atomic E-state index is 0.0774.